The van der Waals surface area contributed by atoms with Gasteiger partial charge in [-0.05, 0) is 167 Å². The van der Waals surface area contributed by atoms with Crippen molar-refractivity contribution in [3.63, 3.8) is 0 Å². The largest absolute Gasteiger partial charge is 0.507 e. The molecule has 6 atom stereocenters. The first-order valence-electron chi connectivity index (χ1n) is 47.7. The number of aromatic nitrogens is 6. The number of esters is 3. The van der Waals surface area contributed by atoms with Crippen LogP contribution in [0.15, 0.2) is 162 Å². The summed E-state index contributed by atoms with van der Waals surface area (Å²) in [5.74, 6) is -16.7. The number of phenols is 2. The third kappa shape index (κ3) is 18.1. The molecule has 3 saturated heterocycles. The number of carbonyl (C=O) groups is 6. The summed E-state index contributed by atoms with van der Waals surface area (Å²) in [6, 6.07) is 14.9. The standard InChI is InChI=1S/C36H35F4N5O5.2C36H36F3N5O5/c1-7-26(46)43-16-21-15-42(17-27(47)49-6)35-34(44(21)14-20(43)5)22-13-24(38)29(28-23(37)9-8-10-25(28)50-40)30(39)33(22)45(36(35)48)32-19(4)11-12-41-31(32)18(2)3;2*1-7-26(46)42-16-21-15-41(17-27(47)49-6)35-34(43(21)14-20(42)5)22-13-24(38)29(28-23(37)9-8-10-25(28)45)30(39)33(22)44(36(35)48)32-19(4)11-12-40-31(32)18(2)3/h7-13,18,20-21H,1,14-17H2,2-6H3;2*7-13,18,20-21,45H,1,14-17H2,2-6H3/t3*20-,21+/m111/s1. The van der Waals surface area contributed by atoms with E-state index >= 15 is 53.9 Å². The summed E-state index contributed by atoms with van der Waals surface area (Å²) < 4.78 is 179. The van der Waals surface area contributed by atoms with Gasteiger partial charge >= 0.3 is 17.9 Å². The molecule has 148 heavy (non-hydrogen) atoms. The number of anilines is 6. The van der Waals surface area contributed by atoms with Gasteiger partial charge in [-0.15, -0.1) is 0 Å². The van der Waals surface area contributed by atoms with E-state index in [2.05, 4.69) is 39.6 Å². The molecule has 774 valence electrons. The van der Waals surface area contributed by atoms with Crippen LogP contribution in [0.4, 0.5) is 78.2 Å². The second-order valence-electron chi connectivity index (χ2n) is 38.3. The lowest BCUT2D eigenvalue weighted by Crippen LogP contribution is -2.64. The minimum atomic E-state index is -1.35. The first kappa shape index (κ1) is 105. The molecule has 3 amide bonds. The van der Waals surface area contributed by atoms with Crippen LogP contribution in [0.3, 0.4) is 0 Å². The number of ether oxygens (including phenoxy) is 3. The molecule has 0 radical (unpaired) electrons. The maximum atomic E-state index is 17.4. The number of rotatable bonds is 19. The summed E-state index contributed by atoms with van der Waals surface area (Å²) in [7, 11) is 3.62. The summed E-state index contributed by atoms with van der Waals surface area (Å²) in [4.78, 5) is 154. The SMILES string of the molecule is C=CC(=O)N1C[C@@H]2CN(CC(=O)OC)c3c(c4cc(F)c(-c5c(F)cccc5OF)c(F)c4n(-c4c(C)ccnc4C(C)C)c3=O)N2C[C@H]1C.C=CC(=O)N1C[C@@H]2CN(CC(=O)OC)c3c(c4cc(F)c(-c5c(O)cccc5F)c(F)c4n(-c4c(C)ccnc4C(C)C)c3=O)N2C[C@H]1C.C=CC(=O)N1C[C@@H]2CN(CC(=O)OC)c3c(c4cc(F)c(-c5c(O)cccc5F)c(F)c4n(-c4c(C)ccnc4C(C)C)c3=O)N2C[C@H]1C. The zero-order valence-electron chi connectivity index (χ0n) is 83.6. The van der Waals surface area contributed by atoms with Crippen molar-refractivity contribution in [3.8, 4) is 67.7 Å². The Labute approximate surface area is 842 Å². The zero-order valence-corrected chi connectivity index (χ0v) is 83.6. The van der Waals surface area contributed by atoms with Gasteiger partial charge in [0.2, 0.25) is 17.7 Å². The van der Waals surface area contributed by atoms with Gasteiger partial charge in [-0.2, -0.15) is 0 Å². The smallest absolute Gasteiger partial charge is 0.325 e. The molecule has 18 rings (SSSR count). The minimum Gasteiger partial charge on any atom is -0.507 e. The van der Waals surface area contributed by atoms with Gasteiger partial charge in [-0.1, -0.05) is 79.5 Å². The number of hydrogen-bond donors (Lipinski definition) is 2. The highest BCUT2D eigenvalue weighted by Gasteiger charge is 2.49. The van der Waals surface area contributed by atoms with Gasteiger partial charge in [0, 0.05) is 116 Å². The summed E-state index contributed by atoms with van der Waals surface area (Å²) in [6.07, 6.45) is 8.28. The van der Waals surface area contributed by atoms with Crippen LogP contribution in [0.2, 0.25) is 0 Å². The van der Waals surface area contributed by atoms with Crippen LogP contribution >= 0.6 is 0 Å². The zero-order chi connectivity index (χ0) is 107. The Morgan fingerprint density at radius 3 is 0.905 bits per heavy atom. The van der Waals surface area contributed by atoms with Crippen molar-refractivity contribution in [3.05, 3.63) is 265 Å². The summed E-state index contributed by atoms with van der Waals surface area (Å²) in [5, 5.41) is 21.1. The van der Waals surface area contributed by atoms with Gasteiger partial charge < -0.3 is 68.5 Å². The van der Waals surface area contributed by atoms with E-state index in [9.17, 15) is 43.5 Å². The molecular formula is C108H107F10N15O15. The normalized spacial score (nSPS) is 17.2. The van der Waals surface area contributed by atoms with E-state index in [-0.39, 0.29) is 186 Å². The van der Waals surface area contributed by atoms with Crippen molar-refractivity contribution in [2.45, 2.75) is 137 Å². The number of amides is 3. The molecule has 6 aromatic carbocycles. The number of halogens is 10. The van der Waals surface area contributed by atoms with Gasteiger partial charge in [0.1, 0.15) is 83.1 Å². The predicted octanol–water partition coefficient (Wildman–Crippen LogP) is 16.1. The van der Waals surface area contributed by atoms with Gasteiger partial charge in [-0.3, -0.25) is 76.7 Å². The monoisotopic (exact) mass is 2040 g/mol. The highest BCUT2D eigenvalue weighted by Crippen LogP contribution is 2.53. The molecule has 3 fully saturated rings. The number of carbonyl (C=O) groups excluding carboxylic acids is 6. The topological polar surface area (TPSA) is 314 Å². The van der Waals surface area contributed by atoms with E-state index in [1.54, 1.807) is 79.2 Å². The Hall–Kier alpha value is -16.1. The van der Waals surface area contributed by atoms with Crippen LogP contribution in [0.25, 0.3) is 83.2 Å². The molecule has 0 spiro atoms. The maximum absolute atomic E-state index is 17.4. The Kier molecular flexibility index (Phi) is 29.3. The third-order valence-corrected chi connectivity index (χ3v) is 28.1. The molecule has 0 saturated carbocycles. The molecule has 30 nitrogen and oxygen atoms in total. The molecule has 6 aliphatic rings. The van der Waals surface area contributed by atoms with E-state index in [1.807, 2.05) is 70.1 Å². The third-order valence-electron chi connectivity index (χ3n) is 28.1. The van der Waals surface area contributed by atoms with Crippen LogP contribution < -0.4 is 51.0 Å². The predicted molar refractivity (Wildman–Crippen MR) is 540 cm³/mol. The first-order valence-corrected chi connectivity index (χ1v) is 47.7. The first-order chi connectivity index (χ1) is 70.4. The Morgan fingerprint density at radius 1 is 0.378 bits per heavy atom. The molecule has 6 aliphatic heterocycles. The van der Waals surface area contributed by atoms with Crippen molar-refractivity contribution >= 4 is 102 Å². The Balaban J connectivity index is 0.000000158. The highest BCUT2D eigenvalue weighted by molar-refractivity contribution is 6.08. The molecule has 2 N–H and O–H groups in total. The lowest BCUT2D eigenvalue weighted by atomic mass is 9.95. The number of fused-ring (bicyclic) bond motifs is 15. The number of methoxy groups -OCH3 is 3. The van der Waals surface area contributed by atoms with E-state index < -0.39 is 186 Å². The van der Waals surface area contributed by atoms with Crippen molar-refractivity contribution in [1.82, 2.24) is 43.4 Å². The average molecular weight is 2050 g/mol. The van der Waals surface area contributed by atoms with E-state index in [0.717, 1.165) is 74.4 Å². The van der Waals surface area contributed by atoms with Crippen molar-refractivity contribution in [2.75, 3.05) is 129 Å². The fraction of sp³-hybridized carbons (Fsp3) is 0.333. The number of aryl methyl sites for hydroxylation is 3. The number of phenolic OH excluding ortho intramolecular Hbond substituents is 2. The lowest BCUT2D eigenvalue weighted by Gasteiger charge is -2.51. The number of pyridine rings is 6. The molecule has 40 heteroatoms. The van der Waals surface area contributed by atoms with Crippen molar-refractivity contribution in [1.29, 1.82) is 0 Å². The summed E-state index contributed by atoms with van der Waals surface area (Å²) in [6.45, 7) is 32.6. The molecule has 12 heterocycles. The van der Waals surface area contributed by atoms with Gasteiger partial charge in [-0.25, -0.2) is 39.5 Å². The van der Waals surface area contributed by atoms with Gasteiger partial charge in [0.15, 0.2) is 23.2 Å². The fourth-order valence-corrected chi connectivity index (χ4v) is 21.4. The second-order valence-corrected chi connectivity index (χ2v) is 38.3. The lowest BCUT2D eigenvalue weighted by molar-refractivity contribution is -0.139. The maximum Gasteiger partial charge on any atom is 0.325 e. The van der Waals surface area contributed by atoms with E-state index in [0.29, 0.717) is 33.8 Å². The summed E-state index contributed by atoms with van der Waals surface area (Å²) >= 11 is 0. The van der Waals surface area contributed by atoms with E-state index in [1.165, 1.54) is 66.4 Å². The van der Waals surface area contributed by atoms with E-state index in [4.69, 9.17) is 14.2 Å². The minimum absolute atomic E-state index is 0.00287. The molecular weight excluding hydrogens is 1940 g/mol. The quantitative estimate of drug-likeness (QED) is 0.0329. The van der Waals surface area contributed by atoms with Crippen molar-refractivity contribution in [2.24, 2.45) is 0 Å². The van der Waals surface area contributed by atoms with Crippen molar-refractivity contribution < 1.29 is 102 Å². The number of nitrogens with zero attached hydrogens (tertiary/aromatic N) is 15. The second kappa shape index (κ2) is 41.5. The number of hydrogen-bond acceptors (Lipinski definition) is 24. The van der Waals surface area contributed by atoms with Crippen LogP contribution in [-0.2, 0) is 43.0 Å². The molecule has 0 unspecified atom stereocenters. The van der Waals surface area contributed by atoms with Gasteiger partial charge in [0.25, 0.3) is 16.7 Å². The average Bonchev–Trinajstić information content (AvgIpc) is 0.707. The summed E-state index contributed by atoms with van der Waals surface area (Å²) in [5.41, 5.74) is -4.17. The van der Waals surface area contributed by atoms with Crippen LogP contribution in [0.1, 0.15) is 114 Å². The Morgan fingerprint density at radius 2 is 0.649 bits per heavy atom. The van der Waals surface area contributed by atoms with Crippen LogP contribution in [-0.4, -0.2) is 225 Å². The fourth-order valence-electron chi connectivity index (χ4n) is 21.4. The van der Waals surface area contributed by atoms with Crippen LogP contribution in [0, 0.1) is 73.1 Å². The molecule has 0 bridgehead atoms. The number of piperazine rings is 3. The van der Waals surface area contributed by atoms with Crippen LogP contribution in [0.5, 0.6) is 17.2 Å². The number of benzene rings is 6. The Bertz CT molecular complexity index is 7390. The highest BCUT2D eigenvalue weighted by atomic mass is 19.3. The molecule has 12 aromatic rings. The number of aromatic hydroxyl groups is 2. The molecule has 6 aromatic heterocycles. The van der Waals surface area contributed by atoms with Gasteiger partial charge in [0.05, 0.1) is 141 Å². The molecule has 0 aliphatic carbocycles.